The van der Waals surface area contributed by atoms with Gasteiger partial charge in [-0.3, -0.25) is 0 Å². The minimum atomic E-state index is -0.301. The van der Waals surface area contributed by atoms with Crippen LogP contribution in [0.4, 0.5) is 10.1 Å². The number of hydrogen-bond acceptors (Lipinski definition) is 3. The molecule has 0 bridgehead atoms. The Morgan fingerprint density at radius 1 is 0.875 bits per heavy atom. The fourth-order valence-corrected chi connectivity index (χ4v) is 2.31. The molecule has 0 heterocycles. The lowest BCUT2D eigenvalue weighted by Gasteiger charge is -2.11. The van der Waals surface area contributed by atoms with Gasteiger partial charge in [0.1, 0.15) is 23.9 Å². The molecule has 3 aromatic carbocycles. The smallest absolute Gasteiger partial charge is 0.129 e. The van der Waals surface area contributed by atoms with Crippen LogP contribution in [0.5, 0.6) is 11.5 Å². The van der Waals surface area contributed by atoms with Gasteiger partial charge in [0.05, 0.1) is 0 Å². The molecule has 0 unspecified atom stereocenters. The van der Waals surface area contributed by atoms with Crippen molar-refractivity contribution in [1.29, 1.82) is 0 Å². The fraction of sp³-hybridized carbons (Fsp3) is 0.100. The number of anilines is 1. The number of rotatable bonds is 6. The molecule has 3 rings (SSSR count). The van der Waals surface area contributed by atoms with Crippen LogP contribution in [0.25, 0.3) is 0 Å². The minimum absolute atomic E-state index is 0.119. The predicted molar refractivity (Wildman–Crippen MR) is 92.6 cm³/mol. The fourth-order valence-electron chi connectivity index (χ4n) is 2.31. The van der Waals surface area contributed by atoms with Crippen LogP contribution >= 0.6 is 0 Å². The van der Waals surface area contributed by atoms with Crippen LogP contribution in [0.2, 0.25) is 0 Å². The van der Waals surface area contributed by atoms with Crippen molar-refractivity contribution in [2.24, 2.45) is 0 Å². The molecule has 0 radical (unpaired) electrons. The first-order valence-electron chi connectivity index (χ1n) is 7.69. The quantitative estimate of drug-likeness (QED) is 0.689. The molecule has 0 aliphatic carbocycles. The Bertz CT molecular complexity index is 806. The van der Waals surface area contributed by atoms with Crippen molar-refractivity contribution in [3.63, 3.8) is 0 Å². The van der Waals surface area contributed by atoms with E-state index in [4.69, 9.17) is 4.74 Å². The molecule has 3 nitrogen and oxygen atoms in total. The topological polar surface area (TPSA) is 41.5 Å². The average Bonchev–Trinajstić information content (AvgIpc) is 2.61. The van der Waals surface area contributed by atoms with Gasteiger partial charge >= 0.3 is 0 Å². The number of halogens is 1. The monoisotopic (exact) mass is 323 g/mol. The first-order chi connectivity index (χ1) is 11.7. The van der Waals surface area contributed by atoms with E-state index in [1.165, 1.54) is 6.07 Å². The maximum Gasteiger partial charge on any atom is 0.129 e. The molecule has 0 aromatic heterocycles. The van der Waals surface area contributed by atoms with E-state index in [0.717, 1.165) is 11.3 Å². The largest absolute Gasteiger partial charge is 0.507 e. The molecule has 0 spiro atoms. The zero-order valence-corrected chi connectivity index (χ0v) is 13.1. The maximum absolute atomic E-state index is 13.6. The molecule has 0 saturated heterocycles. The van der Waals surface area contributed by atoms with Crippen LogP contribution in [-0.2, 0) is 13.2 Å². The summed E-state index contributed by atoms with van der Waals surface area (Å²) in [5.74, 6) is 0.342. The third kappa shape index (κ3) is 4.04. The number of phenolic OH excluding ortho intramolecular Hbond substituents is 1. The van der Waals surface area contributed by atoms with Gasteiger partial charge in [0, 0.05) is 29.4 Å². The van der Waals surface area contributed by atoms with Crippen LogP contribution in [0.1, 0.15) is 11.1 Å². The van der Waals surface area contributed by atoms with E-state index in [9.17, 15) is 9.50 Å². The van der Waals surface area contributed by atoms with Gasteiger partial charge < -0.3 is 15.2 Å². The SMILES string of the molecule is Oc1cc(OCc2ccccc2F)ccc1CNc1ccccc1. The summed E-state index contributed by atoms with van der Waals surface area (Å²) in [5.41, 5.74) is 2.22. The summed E-state index contributed by atoms with van der Waals surface area (Å²) in [6, 6.07) is 21.3. The molecule has 0 aliphatic heterocycles. The van der Waals surface area contributed by atoms with Gasteiger partial charge in [-0.2, -0.15) is 0 Å². The Morgan fingerprint density at radius 3 is 2.38 bits per heavy atom. The Hall–Kier alpha value is -3.01. The van der Waals surface area contributed by atoms with Crippen LogP contribution in [-0.4, -0.2) is 5.11 Å². The third-order valence-electron chi connectivity index (χ3n) is 3.67. The number of benzene rings is 3. The number of ether oxygens (including phenoxy) is 1. The van der Waals surface area contributed by atoms with Crippen molar-refractivity contribution >= 4 is 5.69 Å². The summed E-state index contributed by atoms with van der Waals surface area (Å²) in [5, 5.41) is 13.4. The average molecular weight is 323 g/mol. The zero-order valence-electron chi connectivity index (χ0n) is 13.1. The highest BCUT2D eigenvalue weighted by atomic mass is 19.1. The molecule has 0 aliphatic rings. The number of phenols is 1. The van der Waals surface area contributed by atoms with Gasteiger partial charge in [-0.25, -0.2) is 4.39 Å². The molecule has 0 amide bonds. The molecular formula is C20H18FNO2. The first kappa shape index (κ1) is 15.9. The van der Waals surface area contributed by atoms with Crippen molar-refractivity contribution in [3.05, 3.63) is 89.7 Å². The Kier molecular flexibility index (Phi) is 4.96. The highest BCUT2D eigenvalue weighted by Gasteiger charge is 2.06. The predicted octanol–water partition coefficient (Wildman–Crippen LogP) is 4.72. The summed E-state index contributed by atoms with van der Waals surface area (Å²) in [4.78, 5) is 0. The molecule has 4 heteroatoms. The molecule has 0 atom stereocenters. The second kappa shape index (κ2) is 7.51. The van der Waals surface area contributed by atoms with Gasteiger partial charge in [0.15, 0.2) is 0 Å². The molecular weight excluding hydrogens is 305 g/mol. The van der Waals surface area contributed by atoms with E-state index in [0.29, 0.717) is 17.9 Å². The van der Waals surface area contributed by atoms with Crippen LogP contribution in [0.15, 0.2) is 72.8 Å². The van der Waals surface area contributed by atoms with Crippen LogP contribution in [0, 0.1) is 5.82 Å². The van der Waals surface area contributed by atoms with E-state index in [1.807, 2.05) is 30.3 Å². The van der Waals surface area contributed by atoms with Gasteiger partial charge in [-0.1, -0.05) is 36.4 Å². The lowest BCUT2D eigenvalue weighted by Crippen LogP contribution is -2.01. The molecule has 24 heavy (non-hydrogen) atoms. The van der Waals surface area contributed by atoms with Crippen molar-refractivity contribution in [2.75, 3.05) is 5.32 Å². The number of nitrogens with one attached hydrogen (secondary N) is 1. The lowest BCUT2D eigenvalue weighted by molar-refractivity contribution is 0.298. The second-order valence-corrected chi connectivity index (χ2v) is 5.39. The van der Waals surface area contributed by atoms with E-state index < -0.39 is 0 Å². The standard InChI is InChI=1S/C20H18FNO2/c21-19-9-5-4-6-16(19)14-24-18-11-10-15(20(23)12-18)13-22-17-7-2-1-3-8-17/h1-12,22-23H,13-14H2. The molecule has 2 N–H and O–H groups in total. The van der Waals surface area contributed by atoms with E-state index >= 15 is 0 Å². The summed E-state index contributed by atoms with van der Waals surface area (Å²) in [6.45, 7) is 0.622. The maximum atomic E-state index is 13.6. The van der Waals surface area contributed by atoms with Gasteiger partial charge in [-0.15, -0.1) is 0 Å². The first-order valence-corrected chi connectivity index (χ1v) is 7.69. The van der Waals surface area contributed by atoms with Crippen molar-refractivity contribution < 1.29 is 14.2 Å². The normalized spacial score (nSPS) is 10.4. The van der Waals surface area contributed by atoms with Gasteiger partial charge in [0.25, 0.3) is 0 Å². The second-order valence-electron chi connectivity index (χ2n) is 5.39. The van der Waals surface area contributed by atoms with E-state index in [-0.39, 0.29) is 18.2 Å². The Labute approximate surface area is 140 Å². The summed E-state index contributed by atoms with van der Waals surface area (Å²) < 4.78 is 19.1. The highest BCUT2D eigenvalue weighted by Crippen LogP contribution is 2.25. The number of hydrogen-bond donors (Lipinski definition) is 2. The Morgan fingerprint density at radius 2 is 1.62 bits per heavy atom. The molecule has 0 saturated carbocycles. The summed E-state index contributed by atoms with van der Waals surface area (Å²) in [6.07, 6.45) is 0. The summed E-state index contributed by atoms with van der Waals surface area (Å²) >= 11 is 0. The minimum Gasteiger partial charge on any atom is -0.507 e. The van der Waals surface area contributed by atoms with Gasteiger partial charge in [0.2, 0.25) is 0 Å². The molecule has 122 valence electrons. The number of aromatic hydroxyl groups is 1. The third-order valence-corrected chi connectivity index (χ3v) is 3.67. The number of para-hydroxylation sites is 1. The molecule has 3 aromatic rings. The van der Waals surface area contributed by atoms with Crippen molar-refractivity contribution in [1.82, 2.24) is 0 Å². The van der Waals surface area contributed by atoms with Crippen molar-refractivity contribution in [2.45, 2.75) is 13.2 Å². The molecule has 0 fully saturated rings. The Balaban J connectivity index is 1.61. The lowest BCUT2D eigenvalue weighted by atomic mass is 10.2. The van der Waals surface area contributed by atoms with E-state index in [1.54, 1.807) is 36.4 Å². The highest BCUT2D eigenvalue weighted by molar-refractivity contribution is 5.46. The summed E-state index contributed by atoms with van der Waals surface area (Å²) in [7, 11) is 0. The van der Waals surface area contributed by atoms with Crippen molar-refractivity contribution in [3.8, 4) is 11.5 Å². The van der Waals surface area contributed by atoms with Crippen LogP contribution < -0.4 is 10.1 Å². The zero-order chi connectivity index (χ0) is 16.8. The van der Waals surface area contributed by atoms with Gasteiger partial charge in [-0.05, 0) is 30.3 Å². The van der Waals surface area contributed by atoms with E-state index in [2.05, 4.69) is 5.32 Å². The van der Waals surface area contributed by atoms with Crippen LogP contribution in [0.3, 0.4) is 0 Å².